The van der Waals surface area contributed by atoms with E-state index in [1.165, 1.54) is 4.52 Å². The van der Waals surface area contributed by atoms with E-state index in [1.807, 2.05) is 12.3 Å². The van der Waals surface area contributed by atoms with Crippen LogP contribution in [0.5, 0.6) is 0 Å². The summed E-state index contributed by atoms with van der Waals surface area (Å²) < 4.78 is 1.48. The third-order valence-corrected chi connectivity index (χ3v) is 1.76. The second-order valence-corrected chi connectivity index (χ2v) is 2.71. The maximum Gasteiger partial charge on any atom is 0.304 e. The molecule has 72 valence electrons. The molecule has 7 heteroatoms. The summed E-state index contributed by atoms with van der Waals surface area (Å²) >= 11 is 0. The van der Waals surface area contributed by atoms with Gasteiger partial charge in [-0.05, 0) is 13.0 Å². The molecule has 7 nitrogen and oxygen atoms in total. The number of amides is 1. The fraction of sp³-hybridized carbons (Fsp3) is 0.143. The largest absolute Gasteiger partial charge is 0.304 e. The second kappa shape index (κ2) is 3.04. The van der Waals surface area contributed by atoms with Gasteiger partial charge in [-0.2, -0.15) is 4.98 Å². The molecule has 0 saturated heterocycles. The van der Waals surface area contributed by atoms with Crippen LogP contribution in [-0.2, 0) is 0 Å². The Labute approximate surface area is 78.9 Å². The zero-order valence-electron chi connectivity index (χ0n) is 7.43. The Kier molecular flexibility index (Phi) is 1.86. The standard InChI is InChI=1S/C7H8N6O/c1-4-2-3-9-7-10-5(6(14)11-8)12-13(4)7/h2-3H,8H2,1H3,(H,11,14). The predicted molar refractivity (Wildman–Crippen MR) is 47.2 cm³/mol. The van der Waals surface area contributed by atoms with Gasteiger partial charge in [-0.1, -0.05) is 0 Å². The number of aryl methyl sites for hydroxylation is 1. The van der Waals surface area contributed by atoms with Crippen LogP contribution < -0.4 is 11.3 Å². The monoisotopic (exact) mass is 192 g/mol. The van der Waals surface area contributed by atoms with E-state index in [1.54, 1.807) is 12.3 Å². The number of fused-ring (bicyclic) bond motifs is 1. The van der Waals surface area contributed by atoms with Crippen molar-refractivity contribution in [2.24, 2.45) is 5.84 Å². The Morgan fingerprint density at radius 1 is 1.64 bits per heavy atom. The molecule has 2 heterocycles. The summed E-state index contributed by atoms with van der Waals surface area (Å²) in [6, 6.07) is 1.77. The summed E-state index contributed by atoms with van der Waals surface area (Å²) in [5.41, 5.74) is 2.80. The van der Waals surface area contributed by atoms with E-state index in [0.717, 1.165) is 5.69 Å². The van der Waals surface area contributed by atoms with Crippen LogP contribution in [0.4, 0.5) is 0 Å². The van der Waals surface area contributed by atoms with E-state index in [9.17, 15) is 4.79 Å². The molecule has 0 unspecified atom stereocenters. The van der Waals surface area contributed by atoms with Gasteiger partial charge in [0.2, 0.25) is 5.82 Å². The van der Waals surface area contributed by atoms with Gasteiger partial charge in [-0.15, -0.1) is 5.10 Å². The van der Waals surface area contributed by atoms with Gasteiger partial charge < -0.3 is 0 Å². The Bertz CT molecular complexity index is 490. The number of nitrogens with zero attached hydrogens (tertiary/aromatic N) is 4. The van der Waals surface area contributed by atoms with E-state index in [-0.39, 0.29) is 5.82 Å². The highest BCUT2D eigenvalue weighted by atomic mass is 16.2. The van der Waals surface area contributed by atoms with E-state index in [4.69, 9.17) is 5.84 Å². The van der Waals surface area contributed by atoms with Crippen LogP contribution in [0.1, 0.15) is 16.3 Å². The molecule has 0 saturated carbocycles. The molecule has 0 aliphatic heterocycles. The summed E-state index contributed by atoms with van der Waals surface area (Å²) in [6.07, 6.45) is 1.60. The van der Waals surface area contributed by atoms with Crippen LogP contribution in [0, 0.1) is 6.92 Å². The summed E-state index contributed by atoms with van der Waals surface area (Å²) in [7, 11) is 0. The minimum atomic E-state index is -0.532. The van der Waals surface area contributed by atoms with Crippen LogP contribution in [0.3, 0.4) is 0 Å². The molecule has 0 radical (unpaired) electrons. The van der Waals surface area contributed by atoms with Crippen LogP contribution in [-0.4, -0.2) is 25.5 Å². The zero-order valence-corrected chi connectivity index (χ0v) is 7.43. The molecule has 3 N–H and O–H groups in total. The van der Waals surface area contributed by atoms with Gasteiger partial charge in [0, 0.05) is 11.9 Å². The molecule has 0 bridgehead atoms. The van der Waals surface area contributed by atoms with Crippen LogP contribution >= 0.6 is 0 Å². The highest BCUT2D eigenvalue weighted by molar-refractivity contribution is 5.90. The lowest BCUT2D eigenvalue weighted by atomic mass is 10.5. The summed E-state index contributed by atoms with van der Waals surface area (Å²) in [5.74, 6) is 4.81. The average molecular weight is 192 g/mol. The van der Waals surface area contributed by atoms with E-state index in [0.29, 0.717) is 5.78 Å². The first-order valence-electron chi connectivity index (χ1n) is 3.91. The number of hydrogen-bond acceptors (Lipinski definition) is 5. The van der Waals surface area contributed by atoms with Gasteiger partial charge in [0.15, 0.2) is 0 Å². The SMILES string of the molecule is Cc1ccnc2nc(C(=O)NN)nn12. The predicted octanol–water partition coefficient (Wildman–Crippen LogP) is -0.964. The summed E-state index contributed by atoms with van der Waals surface area (Å²) in [6.45, 7) is 1.84. The third kappa shape index (κ3) is 1.19. The Balaban J connectivity index is 2.62. The molecule has 0 aromatic carbocycles. The van der Waals surface area contributed by atoms with Gasteiger partial charge in [0.1, 0.15) is 0 Å². The van der Waals surface area contributed by atoms with E-state index in [2.05, 4.69) is 15.1 Å². The molecule has 0 spiro atoms. The van der Waals surface area contributed by atoms with Gasteiger partial charge in [0.25, 0.3) is 5.78 Å². The minimum Gasteiger partial charge on any atom is -0.287 e. The van der Waals surface area contributed by atoms with Crippen molar-refractivity contribution in [3.63, 3.8) is 0 Å². The lowest BCUT2D eigenvalue weighted by Crippen LogP contribution is -2.30. The average Bonchev–Trinajstić information content (AvgIpc) is 2.62. The number of nitrogens with one attached hydrogen (secondary N) is 1. The van der Waals surface area contributed by atoms with Crippen molar-refractivity contribution in [1.29, 1.82) is 0 Å². The maximum absolute atomic E-state index is 11.1. The first-order chi connectivity index (χ1) is 6.72. The molecule has 2 rings (SSSR count). The van der Waals surface area contributed by atoms with Gasteiger partial charge in [-0.25, -0.2) is 15.3 Å². The summed E-state index contributed by atoms with van der Waals surface area (Å²) in [4.78, 5) is 18.9. The van der Waals surface area contributed by atoms with Gasteiger partial charge >= 0.3 is 5.91 Å². The van der Waals surface area contributed by atoms with Crippen molar-refractivity contribution in [1.82, 2.24) is 25.0 Å². The van der Waals surface area contributed by atoms with Crippen molar-refractivity contribution >= 4 is 11.7 Å². The first kappa shape index (κ1) is 8.57. The minimum absolute atomic E-state index is 0.00861. The lowest BCUT2D eigenvalue weighted by molar-refractivity contribution is 0.0943. The molecule has 14 heavy (non-hydrogen) atoms. The van der Waals surface area contributed by atoms with Crippen molar-refractivity contribution in [3.05, 3.63) is 23.8 Å². The maximum atomic E-state index is 11.1. The fourth-order valence-corrected chi connectivity index (χ4v) is 1.07. The summed E-state index contributed by atoms with van der Waals surface area (Å²) in [5, 5.41) is 3.93. The number of carbonyl (C=O) groups excluding carboxylic acids is 1. The molecule has 2 aromatic rings. The van der Waals surface area contributed by atoms with Crippen LogP contribution in [0.15, 0.2) is 12.3 Å². The number of nitrogen functional groups attached to an aromatic ring is 1. The normalized spacial score (nSPS) is 10.4. The second-order valence-electron chi connectivity index (χ2n) is 2.71. The fourth-order valence-electron chi connectivity index (χ4n) is 1.07. The van der Waals surface area contributed by atoms with Crippen molar-refractivity contribution in [2.45, 2.75) is 6.92 Å². The molecule has 0 aliphatic rings. The Morgan fingerprint density at radius 3 is 3.07 bits per heavy atom. The number of rotatable bonds is 1. The first-order valence-corrected chi connectivity index (χ1v) is 3.91. The highest BCUT2D eigenvalue weighted by Crippen LogP contribution is 2.01. The zero-order chi connectivity index (χ0) is 10.1. The molecular weight excluding hydrogens is 184 g/mol. The van der Waals surface area contributed by atoms with E-state index >= 15 is 0 Å². The molecule has 1 amide bonds. The molecule has 0 fully saturated rings. The van der Waals surface area contributed by atoms with Crippen LogP contribution in [0.2, 0.25) is 0 Å². The van der Waals surface area contributed by atoms with Crippen LogP contribution in [0.25, 0.3) is 5.78 Å². The third-order valence-electron chi connectivity index (χ3n) is 1.76. The molecule has 0 atom stereocenters. The number of nitrogens with two attached hydrogens (primary N) is 1. The van der Waals surface area contributed by atoms with E-state index < -0.39 is 5.91 Å². The van der Waals surface area contributed by atoms with Gasteiger partial charge in [-0.3, -0.25) is 10.2 Å². The molecule has 2 aromatic heterocycles. The van der Waals surface area contributed by atoms with Gasteiger partial charge in [0.05, 0.1) is 0 Å². The lowest BCUT2D eigenvalue weighted by Gasteiger charge is -1.93. The number of aromatic nitrogens is 4. The highest BCUT2D eigenvalue weighted by Gasteiger charge is 2.12. The number of hydrazine groups is 1. The number of hydrogen-bond donors (Lipinski definition) is 2. The smallest absolute Gasteiger partial charge is 0.287 e. The Hall–Kier alpha value is -2.02. The Morgan fingerprint density at radius 2 is 2.43 bits per heavy atom. The number of carbonyl (C=O) groups is 1. The molecular formula is C7H8N6O. The topological polar surface area (TPSA) is 98.2 Å². The van der Waals surface area contributed by atoms with Crippen molar-refractivity contribution in [3.8, 4) is 0 Å². The van der Waals surface area contributed by atoms with Crippen molar-refractivity contribution < 1.29 is 4.79 Å². The molecule has 0 aliphatic carbocycles. The quantitative estimate of drug-likeness (QED) is 0.344. The van der Waals surface area contributed by atoms with Crippen molar-refractivity contribution in [2.75, 3.05) is 0 Å².